The molecule has 0 unspecified atom stereocenters. The molecular formula is C24H23N3O3. The minimum atomic E-state index is -0.0582. The van der Waals surface area contributed by atoms with Crippen LogP contribution in [0.2, 0.25) is 0 Å². The molecule has 1 heterocycles. The Morgan fingerprint density at radius 1 is 1.13 bits per heavy atom. The molecule has 0 spiro atoms. The van der Waals surface area contributed by atoms with Crippen LogP contribution in [0.1, 0.15) is 30.0 Å². The van der Waals surface area contributed by atoms with E-state index in [0.29, 0.717) is 30.8 Å². The fourth-order valence-corrected chi connectivity index (χ4v) is 2.90. The number of hydrogen-bond donors (Lipinski definition) is 1. The molecule has 1 amide bonds. The average Bonchev–Trinajstić information content (AvgIpc) is 2.76. The number of nitrogens with one attached hydrogen (secondary N) is 1. The van der Waals surface area contributed by atoms with Gasteiger partial charge >= 0.3 is 0 Å². The summed E-state index contributed by atoms with van der Waals surface area (Å²) in [5.74, 6) is 1.58. The maximum atomic E-state index is 12.4. The Hall–Kier alpha value is -3.85. The minimum absolute atomic E-state index is 0.0582. The van der Waals surface area contributed by atoms with Gasteiger partial charge < -0.3 is 14.8 Å². The lowest BCUT2D eigenvalue weighted by atomic mass is 10.1. The van der Waals surface area contributed by atoms with Crippen LogP contribution in [-0.4, -0.2) is 17.5 Å². The SMILES string of the molecule is CCOc1ccc(CCC(=O)Nc2ccc(Oc3ncccc3C#N)cc2C)cc1. The van der Waals surface area contributed by atoms with Crippen molar-refractivity contribution in [3.8, 4) is 23.4 Å². The van der Waals surface area contributed by atoms with Gasteiger partial charge in [-0.15, -0.1) is 0 Å². The first-order valence-electron chi connectivity index (χ1n) is 9.74. The summed E-state index contributed by atoms with van der Waals surface area (Å²) in [6.07, 6.45) is 2.60. The Kier molecular flexibility index (Phi) is 7.01. The van der Waals surface area contributed by atoms with E-state index in [2.05, 4.69) is 16.4 Å². The number of nitriles is 1. The maximum absolute atomic E-state index is 12.4. The number of carbonyl (C=O) groups excluding carboxylic acids is 1. The number of aryl methyl sites for hydroxylation is 2. The van der Waals surface area contributed by atoms with Gasteiger partial charge in [0.25, 0.3) is 0 Å². The van der Waals surface area contributed by atoms with Gasteiger partial charge in [0.1, 0.15) is 23.1 Å². The molecule has 30 heavy (non-hydrogen) atoms. The molecule has 0 aliphatic carbocycles. The highest BCUT2D eigenvalue weighted by Crippen LogP contribution is 2.27. The Bertz CT molecular complexity index is 1060. The topological polar surface area (TPSA) is 84.2 Å². The van der Waals surface area contributed by atoms with E-state index in [0.717, 1.165) is 22.6 Å². The van der Waals surface area contributed by atoms with Crippen LogP contribution >= 0.6 is 0 Å². The fourth-order valence-electron chi connectivity index (χ4n) is 2.90. The van der Waals surface area contributed by atoms with Crippen molar-refractivity contribution < 1.29 is 14.3 Å². The summed E-state index contributed by atoms with van der Waals surface area (Å²) in [5.41, 5.74) is 3.02. The van der Waals surface area contributed by atoms with Gasteiger partial charge in [0, 0.05) is 18.3 Å². The second-order valence-corrected chi connectivity index (χ2v) is 6.67. The first kappa shape index (κ1) is 20.9. The molecule has 3 aromatic rings. The molecule has 2 aromatic carbocycles. The van der Waals surface area contributed by atoms with E-state index in [1.54, 1.807) is 36.5 Å². The summed E-state index contributed by atoms with van der Waals surface area (Å²) in [6.45, 7) is 4.46. The number of hydrogen-bond acceptors (Lipinski definition) is 5. The van der Waals surface area contributed by atoms with Gasteiger partial charge in [0.2, 0.25) is 11.8 Å². The number of rotatable bonds is 8. The highest BCUT2D eigenvalue weighted by atomic mass is 16.5. The lowest BCUT2D eigenvalue weighted by Gasteiger charge is -2.11. The van der Waals surface area contributed by atoms with Crippen molar-refractivity contribution in [3.05, 3.63) is 77.5 Å². The standard InChI is InChI=1S/C24H23N3O3/c1-3-29-20-9-6-18(7-10-20)8-13-23(28)27-22-12-11-21(15-17(22)2)30-24-19(16-25)5-4-14-26-24/h4-7,9-12,14-15H,3,8,13H2,1-2H3,(H,27,28). The quantitative estimate of drug-likeness (QED) is 0.573. The van der Waals surface area contributed by atoms with Gasteiger partial charge in [0.05, 0.1) is 6.61 Å². The number of ether oxygens (including phenoxy) is 2. The highest BCUT2D eigenvalue weighted by molar-refractivity contribution is 5.91. The van der Waals surface area contributed by atoms with E-state index in [1.165, 1.54) is 0 Å². The number of anilines is 1. The zero-order chi connectivity index (χ0) is 21.3. The Labute approximate surface area is 176 Å². The number of aromatic nitrogens is 1. The van der Waals surface area contributed by atoms with E-state index in [9.17, 15) is 4.79 Å². The summed E-state index contributed by atoms with van der Waals surface area (Å²) < 4.78 is 11.1. The molecule has 0 aliphatic heterocycles. The maximum Gasteiger partial charge on any atom is 0.237 e. The monoisotopic (exact) mass is 401 g/mol. The summed E-state index contributed by atoms with van der Waals surface area (Å²) in [7, 11) is 0. The van der Waals surface area contributed by atoms with Gasteiger partial charge in [-0.1, -0.05) is 12.1 Å². The van der Waals surface area contributed by atoms with Gasteiger partial charge in [-0.25, -0.2) is 4.98 Å². The van der Waals surface area contributed by atoms with Crippen molar-refractivity contribution in [2.75, 3.05) is 11.9 Å². The molecule has 1 aromatic heterocycles. The predicted octanol–water partition coefficient (Wildman–Crippen LogP) is 5.02. The zero-order valence-electron chi connectivity index (χ0n) is 17.0. The summed E-state index contributed by atoms with van der Waals surface area (Å²) >= 11 is 0. The summed E-state index contributed by atoms with van der Waals surface area (Å²) in [5, 5.41) is 12.1. The number of pyridine rings is 1. The largest absolute Gasteiger partial charge is 0.494 e. The van der Waals surface area contributed by atoms with Gasteiger partial charge in [-0.2, -0.15) is 5.26 Å². The van der Waals surface area contributed by atoms with Crippen LogP contribution in [0.4, 0.5) is 5.69 Å². The molecule has 0 saturated carbocycles. The van der Waals surface area contributed by atoms with Crippen molar-refractivity contribution in [2.45, 2.75) is 26.7 Å². The Balaban J connectivity index is 1.57. The van der Waals surface area contributed by atoms with Crippen molar-refractivity contribution >= 4 is 11.6 Å². The van der Waals surface area contributed by atoms with E-state index >= 15 is 0 Å². The van der Waals surface area contributed by atoms with Crippen molar-refractivity contribution in [1.82, 2.24) is 4.98 Å². The van der Waals surface area contributed by atoms with Crippen LogP contribution in [0.3, 0.4) is 0 Å². The van der Waals surface area contributed by atoms with Crippen molar-refractivity contribution in [3.63, 3.8) is 0 Å². The fraction of sp³-hybridized carbons (Fsp3) is 0.208. The van der Waals surface area contributed by atoms with E-state index in [-0.39, 0.29) is 11.8 Å². The third-order valence-electron chi connectivity index (χ3n) is 4.45. The van der Waals surface area contributed by atoms with Crippen LogP contribution in [-0.2, 0) is 11.2 Å². The van der Waals surface area contributed by atoms with Gasteiger partial charge in [-0.05, 0) is 73.9 Å². The second kappa shape index (κ2) is 10.1. The number of carbonyl (C=O) groups is 1. The number of amides is 1. The smallest absolute Gasteiger partial charge is 0.237 e. The molecule has 3 rings (SSSR count). The van der Waals surface area contributed by atoms with Crippen molar-refractivity contribution in [1.29, 1.82) is 5.26 Å². The first-order chi connectivity index (χ1) is 14.6. The summed E-state index contributed by atoms with van der Waals surface area (Å²) in [6, 6.07) is 18.5. The third-order valence-corrected chi connectivity index (χ3v) is 4.45. The van der Waals surface area contributed by atoms with Crippen LogP contribution in [0, 0.1) is 18.3 Å². The molecule has 0 aliphatic rings. The summed E-state index contributed by atoms with van der Waals surface area (Å²) in [4.78, 5) is 16.4. The molecule has 0 radical (unpaired) electrons. The van der Waals surface area contributed by atoms with E-state index in [1.807, 2.05) is 38.1 Å². The molecule has 152 valence electrons. The van der Waals surface area contributed by atoms with E-state index < -0.39 is 0 Å². The lowest BCUT2D eigenvalue weighted by molar-refractivity contribution is -0.116. The normalized spacial score (nSPS) is 10.2. The third kappa shape index (κ3) is 5.58. The molecule has 0 fully saturated rings. The second-order valence-electron chi connectivity index (χ2n) is 6.67. The van der Waals surface area contributed by atoms with Crippen LogP contribution in [0.5, 0.6) is 17.4 Å². The molecule has 0 saturated heterocycles. The molecule has 6 nitrogen and oxygen atoms in total. The van der Waals surface area contributed by atoms with Gasteiger partial charge in [-0.3, -0.25) is 4.79 Å². The van der Waals surface area contributed by atoms with Crippen LogP contribution in [0.25, 0.3) is 0 Å². The average molecular weight is 401 g/mol. The van der Waals surface area contributed by atoms with Crippen LogP contribution < -0.4 is 14.8 Å². The first-order valence-corrected chi connectivity index (χ1v) is 9.74. The Morgan fingerprint density at radius 2 is 1.90 bits per heavy atom. The lowest BCUT2D eigenvalue weighted by Crippen LogP contribution is -2.13. The number of nitrogens with zero attached hydrogens (tertiary/aromatic N) is 2. The van der Waals surface area contributed by atoms with E-state index in [4.69, 9.17) is 14.7 Å². The molecular weight excluding hydrogens is 378 g/mol. The van der Waals surface area contributed by atoms with Gasteiger partial charge in [0.15, 0.2) is 0 Å². The molecule has 6 heteroatoms. The zero-order valence-corrected chi connectivity index (χ0v) is 17.0. The molecule has 0 bridgehead atoms. The van der Waals surface area contributed by atoms with Crippen LogP contribution in [0.15, 0.2) is 60.8 Å². The molecule has 1 N–H and O–H groups in total. The number of benzene rings is 2. The Morgan fingerprint density at radius 3 is 2.60 bits per heavy atom. The molecule has 0 atom stereocenters. The minimum Gasteiger partial charge on any atom is -0.494 e. The van der Waals surface area contributed by atoms with Crippen molar-refractivity contribution in [2.24, 2.45) is 0 Å². The predicted molar refractivity (Wildman–Crippen MR) is 115 cm³/mol. The highest BCUT2D eigenvalue weighted by Gasteiger charge is 2.09.